The summed E-state index contributed by atoms with van der Waals surface area (Å²) in [6.45, 7) is 6.48. The van der Waals surface area contributed by atoms with Crippen molar-refractivity contribution < 1.29 is 0 Å². The van der Waals surface area contributed by atoms with E-state index in [1.165, 1.54) is 25.9 Å². The van der Waals surface area contributed by atoms with E-state index < -0.39 is 0 Å². The summed E-state index contributed by atoms with van der Waals surface area (Å²) >= 11 is 1.73. The maximum absolute atomic E-state index is 3.39. The topological polar surface area (TPSA) is 15.3 Å². The van der Waals surface area contributed by atoms with Gasteiger partial charge in [0.25, 0.3) is 0 Å². The molecule has 1 heterocycles. The van der Waals surface area contributed by atoms with Gasteiger partial charge in [-0.3, -0.25) is 4.72 Å². The van der Waals surface area contributed by atoms with E-state index in [0.717, 1.165) is 0 Å². The predicted molar refractivity (Wildman–Crippen MR) is 58.5 cm³/mol. The van der Waals surface area contributed by atoms with Gasteiger partial charge in [-0.2, -0.15) is 0 Å². The Morgan fingerprint density at radius 2 is 2.08 bits per heavy atom. The van der Waals surface area contributed by atoms with E-state index in [4.69, 9.17) is 0 Å². The molecule has 1 aliphatic heterocycles. The second kappa shape index (κ2) is 7.90. The first kappa shape index (κ1) is 12.3. The third-order valence-corrected chi connectivity index (χ3v) is 2.48. The summed E-state index contributed by atoms with van der Waals surface area (Å²) in [5.41, 5.74) is 0. The largest absolute Gasteiger partial charge is 0.305 e. The maximum Gasteiger partial charge on any atom is 0.0299 e. The number of likely N-dealkylation sites (N-methyl/N-ethyl adjacent to an activating group) is 1. The molecule has 0 aliphatic carbocycles. The predicted octanol–water partition coefficient (Wildman–Crippen LogP) is 1.97. The molecule has 0 spiro atoms. The van der Waals surface area contributed by atoms with E-state index in [1.807, 2.05) is 13.8 Å². The molecule has 1 saturated heterocycles. The fourth-order valence-electron chi connectivity index (χ4n) is 1.43. The van der Waals surface area contributed by atoms with Crippen LogP contribution in [-0.2, 0) is 0 Å². The van der Waals surface area contributed by atoms with Crippen molar-refractivity contribution >= 4 is 11.9 Å². The van der Waals surface area contributed by atoms with Crippen LogP contribution in [0, 0.1) is 0 Å². The molecule has 1 fully saturated rings. The van der Waals surface area contributed by atoms with E-state index in [0.29, 0.717) is 6.04 Å². The van der Waals surface area contributed by atoms with Crippen molar-refractivity contribution in [1.29, 1.82) is 0 Å². The van der Waals surface area contributed by atoms with E-state index >= 15 is 0 Å². The number of piperidine rings is 1. The SMILES string of the molecule is CC.CSNC1CCCN(C)C1. The van der Waals surface area contributed by atoms with Gasteiger partial charge in [0.15, 0.2) is 0 Å². The summed E-state index contributed by atoms with van der Waals surface area (Å²) in [5.74, 6) is 0. The summed E-state index contributed by atoms with van der Waals surface area (Å²) in [6, 6.07) is 0.716. The molecule has 0 aromatic carbocycles. The van der Waals surface area contributed by atoms with Crippen molar-refractivity contribution in [2.45, 2.75) is 32.7 Å². The van der Waals surface area contributed by atoms with Crippen molar-refractivity contribution in [2.24, 2.45) is 0 Å². The molecular weight excluding hydrogens is 168 g/mol. The average Bonchev–Trinajstić information content (AvgIpc) is 2.09. The second-order valence-electron chi connectivity index (χ2n) is 2.92. The quantitative estimate of drug-likeness (QED) is 0.670. The van der Waals surface area contributed by atoms with Crippen LogP contribution in [0.2, 0.25) is 0 Å². The van der Waals surface area contributed by atoms with Crippen molar-refractivity contribution in [3.05, 3.63) is 0 Å². The van der Waals surface area contributed by atoms with Crippen LogP contribution in [0.25, 0.3) is 0 Å². The van der Waals surface area contributed by atoms with Crippen LogP contribution in [0.15, 0.2) is 0 Å². The Balaban J connectivity index is 0.000000561. The molecule has 1 aliphatic rings. The minimum Gasteiger partial charge on any atom is -0.305 e. The third-order valence-electron chi connectivity index (χ3n) is 1.91. The number of hydrogen-bond acceptors (Lipinski definition) is 3. The van der Waals surface area contributed by atoms with Crippen LogP contribution in [0.5, 0.6) is 0 Å². The number of nitrogens with zero attached hydrogens (tertiary/aromatic N) is 1. The van der Waals surface area contributed by atoms with Gasteiger partial charge in [0.2, 0.25) is 0 Å². The zero-order valence-electron chi connectivity index (χ0n) is 8.76. The summed E-state index contributed by atoms with van der Waals surface area (Å²) in [6.07, 6.45) is 4.77. The Kier molecular flexibility index (Phi) is 8.07. The van der Waals surface area contributed by atoms with Gasteiger partial charge in [0, 0.05) is 12.6 Å². The molecular formula is C9H22N2S. The van der Waals surface area contributed by atoms with Crippen LogP contribution in [0.4, 0.5) is 0 Å². The first-order valence-electron chi connectivity index (χ1n) is 4.80. The number of rotatable bonds is 2. The molecule has 1 atom stereocenters. The zero-order chi connectivity index (χ0) is 9.40. The minimum atomic E-state index is 0.716. The number of nitrogens with one attached hydrogen (secondary N) is 1. The fourth-order valence-corrected chi connectivity index (χ4v) is 1.95. The van der Waals surface area contributed by atoms with Crippen molar-refractivity contribution in [3.63, 3.8) is 0 Å². The Morgan fingerprint density at radius 1 is 1.42 bits per heavy atom. The first-order chi connectivity index (χ1) is 5.83. The van der Waals surface area contributed by atoms with Crippen LogP contribution >= 0.6 is 11.9 Å². The second-order valence-corrected chi connectivity index (χ2v) is 3.57. The molecule has 12 heavy (non-hydrogen) atoms. The molecule has 0 saturated carbocycles. The van der Waals surface area contributed by atoms with Crippen LogP contribution in [0.1, 0.15) is 26.7 Å². The van der Waals surface area contributed by atoms with E-state index in [2.05, 4.69) is 22.9 Å². The maximum atomic E-state index is 3.39. The number of hydrogen-bond donors (Lipinski definition) is 1. The average molecular weight is 190 g/mol. The van der Waals surface area contributed by atoms with Gasteiger partial charge in [-0.1, -0.05) is 25.8 Å². The monoisotopic (exact) mass is 190 g/mol. The number of likely N-dealkylation sites (tertiary alicyclic amines) is 1. The molecule has 0 amide bonds. The van der Waals surface area contributed by atoms with E-state index in [9.17, 15) is 0 Å². The molecule has 3 heteroatoms. The zero-order valence-corrected chi connectivity index (χ0v) is 9.58. The van der Waals surface area contributed by atoms with Gasteiger partial charge in [-0.25, -0.2) is 0 Å². The Morgan fingerprint density at radius 3 is 2.58 bits per heavy atom. The van der Waals surface area contributed by atoms with Gasteiger partial charge < -0.3 is 4.90 Å². The summed E-state index contributed by atoms with van der Waals surface area (Å²) in [4.78, 5) is 2.39. The van der Waals surface area contributed by atoms with Gasteiger partial charge in [0.05, 0.1) is 0 Å². The van der Waals surface area contributed by atoms with E-state index in [1.54, 1.807) is 11.9 Å². The highest BCUT2D eigenvalue weighted by atomic mass is 32.2. The fraction of sp³-hybridized carbons (Fsp3) is 1.00. The van der Waals surface area contributed by atoms with Crippen LogP contribution in [-0.4, -0.2) is 37.3 Å². The van der Waals surface area contributed by atoms with Crippen molar-refractivity contribution in [1.82, 2.24) is 9.62 Å². The van der Waals surface area contributed by atoms with Crippen LogP contribution < -0.4 is 4.72 Å². The van der Waals surface area contributed by atoms with Gasteiger partial charge in [0.1, 0.15) is 0 Å². The highest BCUT2D eigenvalue weighted by Gasteiger charge is 2.15. The Hall–Kier alpha value is 0.270. The lowest BCUT2D eigenvalue weighted by Gasteiger charge is -2.29. The van der Waals surface area contributed by atoms with Crippen LogP contribution in [0.3, 0.4) is 0 Å². The molecule has 0 bridgehead atoms. The lowest BCUT2D eigenvalue weighted by molar-refractivity contribution is 0.245. The van der Waals surface area contributed by atoms with Gasteiger partial charge in [-0.15, -0.1) is 0 Å². The molecule has 2 nitrogen and oxygen atoms in total. The molecule has 1 rings (SSSR count). The molecule has 74 valence electrons. The highest BCUT2D eigenvalue weighted by Crippen LogP contribution is 2.09. The van der Waals surface area contributed by atoms with Crippen molar-refractivity contribution in [3.8, 4) is 0 Å². The third kappa shape index (κ3) is 5.01. The van der Waals surface area contributed by atoms with Crippen molar-refractivity contribution in [2.75, 3.05) is 26.4 Å². The Labute approximate surface area is 81.2 Å². The highest BCUT2D eigenvalue weighted by molar-refractivity contribution is 7.96. The molecule has 0 aromatic heterocycles. The van der Waals surface area contributed by atoms with Gasteiger partial charge >= 0.3 is 0 Å². The first-order valence-corrected chi connectivity index (χ1v) is 6.02. The summed E-state index contributed by atoms with van der Waals surface area (Å²) in [5, 5.41) is 0. The Bertz CT molecular complexity index is 96.5. The normalized spacial score (nSPS) is 24.5. The summed E-state index contributed by atoms with van der Waals surface area (Å²) < 4.78 is 3.39. The minimum absolute atomic E-state index is 0.716. The molecule has 0 radical (unpaired) electrons. The van der Waals surface area contributed by atoms with Gasteiger partial charge in [-0.05, 0) is 32.7 Å². The molecule has 0 aromatic rings. The smallest absolute Gasteiger partial charge is 0.0299 e. The summed E-state index contributed by atoms with van der Waals surface area (Å²) in [7, 11) is 2.19. The molecule has 1 unspecified atom stereocenters. The lowest BCUT2D eigenvalue weighted by Crippen LogP contribution is -2.41. The standard InChI is InChI=1S/C7H16N2S.C2H6/c1-9-5-3-4-7(6-9)8-10-2;1-2/h7-8H,3-6H2,1-2H3;1-2H3. The molecule has 1 N–H and O–H groups in total. The van der Waals surface area contributed by atoms with E-state index in [-0.39, 0.29) is 0 Å². The lowest BCUT2D eigenvalue weighted by atomic mass is 10.1.